The molecule has 0 aliphatic rings. The third-order valence-electron chi connectivity index (χ3n) is 2.14. The average molecular weight is 236 g/mol. The number of esters is 1. The maximum absolute atomic E-state index is 11.6. The molecule has 1 amide bonds. The number of carbonyl (C=O) groups excluding carboxylic acids is 2. The number of para-hydroxylation sites is 1. The first-order valence-electron chi connectivity index (χ1n) is 5.40. The Morgan fingerprint density at radius 1 is 1.29 bits per heavy atom. The molecule has 0 spiro atoms. The first-order valence-corrected chi connectivity index (χ1v) is 5.40. The number of amides is 1. The van der Waals surface area contributed by atoms with E-state index < -0.39 is 5.97 Å². The van der Waals surface area contributed by atoms with Gasteiger partial charge in [0.2, 0.25) is 5.91 Å². The van der Waals surface area contributed by atoms with Gasteiger partial charge in [0, 0.05) is 5.69 Å². The SMILES string of the molecule is CCOC(=O)CN(C(=O)CN)c1ccccc1. The van der Waals surface area contributed by atoms with Gasteiger partial charge in [0.25, 0.3) is 0 Å². The minimum absolute atomic E-state index is 0.117. The Kier molecular flexibility index (Phi) is 5.16. The summed E-state index contributed by atoms with van der Waals surface area (Å²) in [7, 11) is 0. The molecule has 0 aliphatic carbocycles. The Morgan fingerprint density at radius 2 is 1.94 bits per heavy atom. The van der Waals surface area contributed by atoms with E-state index >= 15 is 0 Å². The normalized spacial score (nSPS) is 9.76. The second-order valence-electron chi connectivity index (χ2n) is 3.32. The number of ether oxygens (including phenoxy) is 1. The number of nitrogens with zero attached hydrogens (tertiary/aromatic N) is 1. The predicted molar refractivity (Wildman–Crippen MR) is 64.5 cm³/mol. The summed E-state index contributed by atoms with van der Waals surface area (Å²) < 4.78 is 4.81. The highest BCUT2D eigenvalue weighted by molar-refractivity contribution is 5.98. The van der Waals surface area contributed by atoms with Crippen LogP contribution < -0.4 is 10.6 Å². The van der Waals surface area contributed by atoms with E-state index in [0.717, 1.165) is 0 Å². The number of rotatable bonds is 5. The van der Waals surface area contributed by atoms with Crippen LogP contribution in [0.15, 0.2) is 30.3 Å². The number of carbonyl (C=O) groups is 2. The maximum Gasteiger partial charge on any atom is 0.326 e. The molecule has 92 valence electrons. The highest BCUT2D eigenvalue weighted by Gasteiger charge is 2.18. The van der Waals surface area contributed by atoms with Crippen LogP contribution in [0.25, 0.3) is 0 Å². The molecule has 1 aromatic rings. The molecule has 5 heteroatoms. The second kappa shape index (κ2) is 6.65. The Hall–Kier alpha value is -1.88. The molecule has 1 aromatic carbocycles. The third-order valence-corrected chi connectivity index (χ3v) is 2.14. The quantitative estimate of drug-likeness (QED) is 0.757. The van der Waals surface area contributed by atoms with E-state index in [1.807, 2.05) is 6.07 Å². The van der Waals surface area contributed by atoms with Gasteiger partial charge in [-0.15, -0.1) is 0 Å². The summed E-state index contributed by atoms with van der Waals surface area (Å²) in [6.07, 6.45) is 0. The molecule has 2 N–H and O–H groups in total. The highest BCUT2D eigenvalue weighted by Crippen LogP contribution is 2.13. The molecule has 0 fully saturated rings. The molecule has 0 bridgehead atoms. The van der Waals surface area contributed by atoms with E-state index in [4.69, 9.17) is 10.5 Å². The van der Waals surface area contributed by atoms with Crippen molar-refractivity contribution in [2.75, 3.05) is 24.6 Å². The molecule has 0 atom stereocenters. The monoisotopic (exact) mass is 236 g/mol. The molecule has 0 radical (unpaired) electrons. The van der Waals surface area contributed by atoms with Crippen molar-refractivity contribution in [2.24, 2.45) is 5.73 Å². The standard InChI is InChI=1S/C12H16N2O3/c1-2-17-12(16)9-14(11(15)8-13)10-6-4-3-5-7-10/h3-7H,2,8-9,13H2,1H3. The van der Waals surface area contributed by atoms with Gasteiger partial charge in [-0.05, 0) is 19.1 Å². The van der Waals surface area contributed by atoms with Crippen LogP contribution in [0, 0.1) is 0 Å². The summed E-state index contributed by atoms with van der Waals surface area (Å²) in [5.41, 5.74) is 5.95. The van der Waals surface area contributed by atoms with Gasteiger partial charge in [0.15, 0.2) is 0 Å². The van der Waals surface area contributed by atoms with Gasteiger partial charge in [-0.2, -0.15) is 0 Å². The molecule has 0 heterocycles. The van der Waals surface area contributed by atoms with E-state index in [-0.39, 0.29) is 25.6 Å². The van der Waals surface area contributed by atoms with Crippen LogP contribution in [0.5, 0.6) is 0 Å². The van der Waals surface area contributed by atoms with Gasteiger partial charge < -0.3 is 15.4 Å². The van der Waals surface area contributed by atoms with Crippen molar-refractivity contribution in [1.82, 2.24) is 0 Å². The van der Waals surface area contributed by atoms with Crippen LogP contribution in [-0.4, -0.2) is 31.6 Å². The van der Waals surface area contributed by atoms with Crippen LogP contribution in [0.1, 0.15) is 6.92 Å². The molecule has 0 aromatic heterocycles. The minimum Gasteiger partial charge on any atom is -0.465 e. The third kappa shape index (κ3) is 3.88. The number of hydrogen-bond acceptors (Lipinski definition) is 4. The zero-order chi connectivity index (χ0) is 12.7. The Bertz CT molecular complexity index is 379. The topological polar surface area (TPSA) is 72.6 Å². The Morgan fingerprint density at radius 3 is 2.47 bits per heavy atom. The molecule has 5 nitrogen and oxygen atoms in total. The maximum atomic E-state index is 11.6. The molecular formula is C12H16N2O3. The van der Waals surface area contributed by atoms with Gasteiger partial charge >= 0.3 is 5.97 Å². The van der Waals surface area contributed by atoms with Crippen molar-refractivity contribution in [3.8, 4) is 0 Å². The van der Waals surface area contributed by atoms with Crippen LogP contribution in [0.2, 0.25) is 0 Å². The van der Waals surface area contributed by atoms with Gasteiger partial charge in [-0.1, -0.05) is 18.2 Å². The number of anilines is 1. The van der Waals surface area contributed by atoms with E-state index in [1.54, 1.807) is 31.2 Å². The van der Waals surface area contributed by atoms with Crippen LogP contribution in [-0.2, 0) is 14.3 Å². The van der Waals surface area contributed by atoms with Crippen LogP contribution in [0.3, 0.4) is 0 Å². The summed E-state index contributed by atoms with van der Waals surface area (Å²) in [5.74, 6) is -0.762. The van der Waals surface area contributed by atoms with E-state index in [9.17, 15) is 9.59 Å². The van der Waals surface area contributed by atoms with Crippen LogP contribution in [0.4, 0.5) is 5.69 Å². The van der Waals surface area contributed by atoms with Crippen molar-refractivity contribution in [3.05, 3.63) is 30.3 Å². The molecule has 0 saturated carbocycles. The molecule has 1 rings (SSSR count). The number of nitrogens with two attached hydrogens (primary N) is 1. The van der Waals surface area contributed by atoms with Crippen molar-refractivity contribution in [3.63, 3.8) is 0 Å². The first-order chi connectivity index (χ1) is 8.19. The van der Waals surface area contributed by atoms with E-state index in [1.165, 1.54) is 4.90 Å². The lowest BCUT2D eigenvalue weighted by Gasteiger charge is -2.20. The Balaban J connectivity index is 2.82. The fourth-order valence-corrected chi connectivity index (χ4v) is 1.38. The second-order valence-corrected chi connectivity index (χ2v) is 3.32. The fourth-order valence-electron chi connectivity index (χ4n) is 1.38. The lowest BCUT2D eigenvalue weighted by Crippen LogP contribution is -2.40. The highest BCUT2D eigenvalue weighted by atomic mass is 16.5. The van der Waals surface area contributed by atoms with E-state index in [0.29, 0.717) is 5.69 Å². The van der Waals surface area contributed by atoms with Gasteiger partial charge in [-0.25, -0.2) is 0 Å². The van der Waals surface area contributed by atoms with Gasteiger partial charge in [-0.3, -0.25) is 9.59 Å². The van der Waals surface area contributed by atoms with Gasteiger partial charge in [0.05, 0.1) is 13.2 Å². The zero-order valence-corrected chi connectivity index (χ0v) is 9.76. The zero-order valence-electron chi connectivity index (χ0n) is 9.76. The summed E-state index contributed by atoms with van der Waals surface area (Å²) in [5, 5.41) is 0. The lowest BCUT2D eigenvalue weighted by atomic mass is 10.3. The van der Waals surface area contributed by atoms with E-state index in [2.05, 4.69) is 0 Å². The predicted octanol–water partition coefficient (Wildman–Crippen LogP) is 0.541. The van der Waals surface area contributed by atoms with Crippen molar-refractivity contribution in [1.29, 1.82) is 0 Å². The summed E-state index contributed by atoms with van der Waals surface area (Å²) in [6.45, 7) is 1.75. The van der Waals surface area contributed by atoms with Crippen molar-refractivity contribution < 1.29 is 14.3 Å². The summed E-state index contributed by atoms with van der Waals surface area (Å²) >= 11 is 0. The smallest absolute Gasteiger partial charge is 0.326 e. The average Bonchev–Trinajstić information content (AvgIpc) is 2.36. The molecular weight excluding hydrogens is 220 g/mol. The summed E-state index contributed by atoms with van der Waals surface area (Å²) in [4.78, 5) is 24.4. The summed E-state index contributed by atoms with van der Waals surface area (Å²) in [6, 6.07) is 8.90. The molecule has 0 saturated heterocycles. The minimum atomic E-state index is -0.446. The Labute approximate surface area is 100 Å². The fraction of sp³-hybridized carbons (Fsp3) is 0.333. The number of benzene rings is 1. The molecule has 17 heavy (non-hydrogen) atoms. The molecule has 0 unspecified atom stereocenters. The van der Waals surface area contributed by atoms with Crippen LogP contribution >= 0.6 is 0 Å². The first kappa shape index (κ1) is 13.2. The molecule has 0 aliphatic heterocycles. The number of hydrogen-bond donors (Lipinski definition) is 1. The van der Waals surface area contributed by atoms with Crippen molar-refractivity contribution >= 4 is 17.6 Å². The largest absolute Gasteiger partial charge is 0.465 e. The van der Waals surface area contributed by atoms with Gasteiger partial charge in [0.1, 0.15) is 6.54 Å². The van der Waals surface area contributed by atoms with Crippen molar-refractivity contribution in [2.45, 2.75) is 6.92 Å². The lowest BCUT2D eigenvalue weighted by molar-refractivity contribution is -0.142.